The number of nitrogens with one attached hydrogen (secondary N) is 1. The van der Waals surface area contributed by atoms with Crippen molar-refractivity contribution in [3.8, 4) is 0 Å². The summed E-state index contributed by atoms with van der Waals surface area (Å²) in [6, 6.07) is 9.28. The molecular weight excluding hydrogens is 390 g/mol. The van der Waals surface area contributed by atoms with Crippen LogP contribution in [0.3, 0.4) is 0 Å². The van der Waals surface area contributed by atoms with Gasteiger partial charge >= 0.3 is 0 Å². The summed E-state index contributed by atoms with van der Waals surface area (Å²) >= 11 is 0. The second kappa shape index (κ2) is 10.3. The zero-order valence-corrected chi connectivity index (χ0v) is 18.4. The Morgan fingerprint density at radius 1 is 0.903 bits per heavy atom. The van der Waals surface area contributed by atoms with E-state index in [4.69, 9.17) is 0 Å². The number of hydrogen-bond donors (Lipinski definition) is 1. The summed E-state index contributed by atoms with van der Waals surface area (Å²) in [5, 5.41) is 3.06. The second-order valence-electron chi connectivity index (χ2n) is 9.35. The van der Waals surface area contributed by atoms with Crippen LogP contribution in [0.1, 0.15) is 68.1 Å². The van der Waals surface area contributed by atoms with Crippen molar-refractivity contribution >= 4 is 17.7 Å². The molecule has 2 atom stereocenters. The Labute approximate surface area is 185 Å². The van der Waals surface area contributed by atoms with Gasteiger partial charge in [0.1, 0.15) is 0 Å². The smallest absolute Gasteiger partial charge is 0.254 e. The molecule has 2 unspecified atom stereocenters. The van der Waals surface area contributed by atoms with E-state index in [1.54, 1.807) is 0 Å². The Morgan fingerprint density at radius 2 is 1.68 bits per heavy atom. The zero-order chi connectivity index (χ0) is 21.6. The van der Waals surface area contributed by atoms with Gasteiger partial charge in [0.05, 0.1) is 5.92 Å². The van der Waals surface area contributed by atoms with Crippen LogP contribution in [-0.4, -0.2) is 59.7 Å². The summed E-state index contributed by atoms with van der Waals surface area (Å²) in [5.41, 5.74) is 0.664. The van der Waals surface area contributed by atoms with Crippen LogP contribution in [0.25, 0.3) is 0 Å². The highest BCUT2D eigenvalue weighted by atomic mass is 16.2. The molecule has 6 nitrogen and oxygen atoms in total. The van der Waals surface area contributed by atoms with E-state index in [2.05, 4.69) is 5.32 Å². The van der Waals surface area contributed by atoms with E-state index < -0.39 is 0 Å². The summed E-state index contributed by atoms with van der Waals surface area (Å²) in [7, 11) is 0. The first kappa shape index (κ1) is 21.8. The van der Waals surface area contributed by atoms with Crippen LogP contribution in [0.15, 0.2) is 30.3 Å². The normalized spacial score (nSPS) is 25.6. The third-order valence-corrected chi connectivity index (χ3v) is 7.30. The number of rotatable bonds is 3. The van der Waals surface area contributed by atoms with Crippen molar-refractivity contribution in [1.29, 1.82) is 0 Å². The average Bonchev–Trinajstić information content (AvgIpc) is 3.47. The molecule has 1 saturated heterocycles. The van der Waals surface area contributed by atoms with Gasteiger partial charge in [0.2, 0.25) is 11.8 Å². The molecule has 3 aliphatic rings. The monoisotopic (exact) mass is 425 g/mol. The predicted molar refractivity (Wildman–Crippen MR) is 119 cm³/mol. The lowest BCUT2D eigenvalue weighted by atomic mass is 9.99. The molecule has 1 heterocycles. The van der Waals surface area contributed by atoms with Crippen molar-refractivity contribution in [3.05, 3.63) is 35.9 Å². The topological polar surface area (TPSA) is 69.7 Å². The molecular formula is C25H35N3O3. The molecule has 0 aromatic heterocycles. The largest absolute Gasteiger partial charge is 0.354 e. The Morgan fingerprint density at radius 3 is 2.45 bits per heavy atom. The van der Waals surface area contributed by atoms with Crippen molar-refractivity contribution in [2.75, 3.05) is 26.2 Å². The van der Waals surface area contributed by atoms with E-state index in [1.807, 2.05) is 40.1 Å². The minimum absolute atomic E-state index is 0.00613. The predicted octanol–water partition coefficient (Wildman–Crippen LogP) is 3.23. The maximum atomic E-state index is 13.4. The fourth-order valence-corrected chi connectivity index (χ4v) is 5.61. The third-order valence-electron chi connectivity index (χ3n) is 7.30. The molecule has 3 amide bonds. The molecule has 0 spiro atoms. The van der Waals surface area contributed by atoms with Gasteiger partial charge in [0.25, 0.3) is 5.91 Å². The van der Waals surface area contributed by atoms with E-state index >= 15 is 0 Å². The summed E-state index contributed by atoms with van der Waals surface area (Å²) in [6.45, 7) is 2.26. The van der Waals surface area contributed by atoms with Gasteiger partial charge in [0, 0.05) is 44.2 Å². The summed E-state index contributed by atoms with van der Waals surface area (Å²) in [6.07, 6.45) is 8.77. The number of carbonyl (C=O) groups is 3. The van der Waals surface area contributed by atoms with Gasteiger partial charge in [-0.3, -0.25) is 14.4 Å². The van der Waals surface area contributed by atoms with E-state index in [1.165, 1.54) is 12.8 Å². The standard InChI is InChI=1S/C25H35N3O3/c29-23(18-19-8-4-5-9-19)27-15-7-16-28(25(31)20-10-2-1-3-11-20)22-13-6-12-21(22)24(30)26-14-17-27/h1-3,10-11,19,21-22H,4-9,12-18H2,(H,26,30). The molecule has 1 aliphatic heterocycles. The molecule has 4 rings (SSSR count). The lowest BCUT2D eigenvalue weighted by molar-refractivity contribution is -0.133. The van der Waals surface area contributed by atoms with Gasteiger partial charge in [-0.05, 0) is 50.2 Å². The molecule has 0 bridgehead atoms. The van der Waals surface area contributed by atoms with E-state index in [0.29, 0.717) is 44.1 Å². The van der Waals surface area contributed by atoms with Crippen LogP contribution in [0.2, 0.25) is 0 Å². The Hall–Kier alpha value is -2.37. The van der Waals surface area contributed by atoms with Crippen LogP contribution in [0.4, 0.5) is 0 Å². The van der Waals surface area contributed by atoms with Crippen LogP contribution >= 0.6 is 0 Å². The van der Waals surface area contributed by atoms with Gasteiger partial charge in [0.15, 0.2) is 0 Å². The van der Waals surface area contributed by atoms with Crippen molar-refractivity contribution in [3.63, 3.8) is 0 Å². The van der Waals surface area contributed by atoms with Gasteiger partial charge in [-0.2, -0.15) is 0 Å². The molecule has 1 aromatic carbocycles. The Kier molecular flexibility index (Phi) is 7.25. The van der Waals surface area contributed by atoms with E-state index in [0.717, 1.165) is 38.5 Å². The lowest BCUT2D eigenvalue weighted by Crippen LogP contribution is -2.47. The highest BCUT2D eigenvalue weighted by Crippen LogP contribution is 2.32. The van der Waals surface area contributed by atoms with Gasteiger partial charge < -0.3 is 15.1 Å². The van der Waals surface area contributed by atoms with Gasteiger partial charge in [-0.25, -0.2) is 0 Å². The first-order chi connectivity index (χ1) is 15.1. The Bertz CT molecular complexity index is 775. The highest BCUT2D eigenvalue weighted by Gasteiger charge is 2.39. The average molecular weight is 426 g/mol. The molecule has 3 fully saturated rings. The first-order valence-electron chi connectivity index (χ1n) is 12.0. The van der Waals surface area contributed by atoms with Crippen LogP contribution in [0.5, 0.6) is 0 Å². The molecule has 2 saturated carbocycles. The SMILES string of the molecule is O=C1NCCN(C(=O)CC2CCCC2)CCCN(C(=O)c2ccccc2)C2CCCC12. The summed E-state index contributed by atoms with van der Waals surface area (Å²) in [5.74, 6) is 0.567. The second-order valence-corrected chi connectivity index (χ2v) is 9.35. The quantitative estimate of drug-likeness (QED) is 0.808. The maximum absolute atomic E-state index is 13.4. The van der Waals surface area contributed by atoms with Crippen molar-refractivity contribution in [2.45, 2.75) is 63.8 Å². The number of hydrogen-bond acceptors (Lipinski definition) is 3. The Balaban J connectivity index is 1.49. The third kappa shape index (κ3) is 5.28. The first-order valence-corrected chi connectivity index (χ1v) is 12.0. The van der Waals surface area contributed by atoms with Gasteiger partial charge in [-0.15, -0.1) is 0 Å². The number of carbonyl (C=O) groups excluding carboxylic acids is 3. The number of fused-ring (bicyclic) bond motifs is 1. The summed E-state index contributed by atoms with van der Waals surface area (Å²) in [4.78, 5) is 43.1. The highest BCUT2D eigenvalue weighted by molar-refractivity contribution is 5.95. The van der Waals surface area contributed by atoms with Crippen LogP contribution in [-0.2, 0) is 9.59 Å². The van der Waals surface area contributed by atoms with Crippen molar-refractivity contribution < 1.29 is 14.4 Å². The van der Waals surface area contributed by atoms with Crippen LogP contribution < -0.4 is 5.32 Å². The molecule has 0 radical (unpaired) electrons. The van der Waals surface area contributed by atoms with Crippen molar-refractivity contribution in [1.82, 2.24) is 15.1 Å². The maximum Gasteiger partial charge on any atom is 0.254 e. The molecule has 2 aliphatic carbocycles. The fourth-order valence-electron chi connectivity index (χ4n) is 5.61. The molecule has 1 aromatic rings. The molecule has 168 valence electrons. The number of benzene rings is 1. The van der Waals surface area contributed by atoms with Crippen LogP contribution in [0, 0.1) is 11.8 Å². The van der Waals surface area contributed by atoms with E-state index in [-0.39, 0.29) is 29.7 Å². The number of amides is 3. The lowest BCUT2D eigenvalue weighted by Gasteiger charge is -2.33. The fraction of sp³-hybridized carbons (Fsp3) is 0.640. The minimum atomic E-state index is -0.159. The van der Waals surface area contributed by atoms with Gasteiger partial charge in [-0.1, -0.05) is 37.5 Å². The summed E-state index contributed by atoms with van der Waals surface area (Å²) < 4.78 is 0. The molecule has 31 heavy (non-hydrogen) atoms. The zero-order valence-electron chi connectivity index (χ0n) is 18.4. The molecule has 6 heteroatoms. The van der Waals surface area contributed by atoms with E-state index in [9.17, 15) is 14.4 Å². The number of nitrogens with zero attached hydrogens (tertiary/aromatic N) is 2. The van der Waals surface area contributed by atoms with Crippen molar-refractivity contribution in [2.24, 2.45) is 11.8 Å². The molecule has 1 N–H and O–H groups in total. The minimum Gasteiger partial charge on any atom is -0.354 e.